The van der Waals surface area contributed by atoms with Crippen LogP contribution in [0.5, 0.6) is 0 Å². The maximum absolute atomic E-state index is 6.05. The molecule has 0 amide bonds. The zero-order valence-corrected chi connectivity index (χ0v) is 13.5. The predicted molar refractivity (Wildman–Crippen MR) is 99.1 cm³/mol. The summed E-state index contributed by atoms with van der Waals surface area (Å²) >= 11 is 0. The summed E-state index contributed by atoms with van der Waals surface area (Å²) in [5.41, 5.74) is 6.05. The van der Waals surface area contributed by atoms with E-state index in [1.54, 1.807) is 0 Å². The smallest absolute Gasteiger partial charge is 0.113 e. The van der Waals surface area contributed by atoms with E-state index in [0.29, 0.717) is 6.54 Å². The van der Waals surface area contributed by atoms with Crippen LogP contribution in [0.2, 0.25) is 0 Å². The first-order valence-corrected chi connectivity index (χ1v) is 9.60. The van der Waals surface area contributed by atoms with Gasteiger partial charge in [-0.15, -0.1) is 0 Å². The highest BCUT2D eigenvalue weighted by atomic mass is 31.2. The lowest BCUT2D eigenvalue weighted by atomic mass is 10.4. The fourth-order valence-electron chi connectivity index (χ4n) is 3.08. The van der Waals surface area contributed by atoms with E-state index >= 15 is 0 Å². The minimum Gasteiger partial charge on any atom is -0.327 e. The molecule has 3 rings (SSSR count). The third-order valence-corrected chi connectivity index (χ3v) is 8.52. The lowest BCUT2D eigenvalue weighted by Crippen LogP contribution is -2.35. The van der Waals surface area contributed by atoms with Gasteiger partial charge in [-0.1, -0.05) is 54.6 Å². The van der Waals surface area contributed by atoms with E-state index in [1.807, 2.05) is 0 Å². The van der Waals surface area contributed by atoms with Gasteiger partial charge in [-0.2, -0.15) is 0 Å². The van der Waals surface area contributed by atoms with Gasteiger partial charge in [0.05, 0.1) is 6.16 Å². The third-order valence-electron chi connectivity index (χ3n) is 4.06. The summed E-state index contributed by atoms with van der Waals surface area (Å²) in [5, 5.41) is 4.20. The Bertz CT molecular complexity index is 599. The molecule has 3 aromatic carbocycles. The van der Waals surface area contributed by atoms with Crippen molar-refractivity contribution >= 4 is 23.2 Å². The maximum atomic E-state index is 6.05. The summed E-state index contributed by atoms with van der Waals surface area (Å²) in [6, 6.07) is 32.5. The van der Waals surface area contributed by atoms with E-state index in [1.165, 1.54) is 15.9 Å². The molecule has 2 heteroatoms. The molecule has 0 spiro atoms. The van der Waals surface area contributed by atoms with Crippen LogP contribution in [0.1, 0.15) is 0 Å². The van der Waals surface area contributed by atoms with Gasteiger partial charge in [-0.3, -0.25) is 0 Å². The molecule has 0 aliphatic heterocycles. The molecule has 0 radical (unpaired) electrons. The van der Waals surface area contributed by atoms with Gasteiger partial charge in [0.25, 0.3) is 0 Å². The molecule has 0 fully saturated rings. The first kappa shape index (κ1) is 15.0. The van der Waals surface area contributed by atoms with E-state index in [0.717, 1.165) is 6.16 Å². The molecule has 0 heterocycles. The van der Waals surface area contributed by atoms with E-state index in [4.69, 9.17) is 5.73 Å². The number of hydrogen-bond acceptors (Lipinski definition) is 1. The Kier molecular flexibility index (Phi) is 4.68. The van der Waals surface area contributed by atoms with Crippen LogP contribution in [0.15, 0.2) is 91.0 Å². The fraction of sp³-hybridized carbons (Fsp3) is 0.100. The van der Waals surface area contributed by atoms with Crippen LogP contribution in [-0.4, -0.2) is 12.7 Å². The van der Waals surface area contributed by atoms with Crippen LogP contribution >= 0.6 is 7.26 Å². The molecule has 0 aromatic heterocycles. The number of benzene rings is 3. The summed E-state index contributed by atoms with van der Waals surface area (Å²) in [6.07, 6.45) is 0.991. The van der Waals surface area contributed by atoms with Crippen molar-refractivity contribution in [1.82, 2.24) is 0 Å². The van der Waals surface area contributed by atoms with Crippen molar-refractivity contribution in [2.24, 2.45) is 5.73 Å². The molecule has 22 heavy (non-hydrogen) atoms. The largest absolute Gasteiger partial charge is 0.327 e. The van der Waals surface area contributed by atoms with Crippen molar-refractivity contribution in [2.75, 3.05) is 12.7 Å². The molecule has 1 nitrogen and oxygen atoms in total. The Balaban J connectivity index is 2.29. The zero-order valence-electron chi connectivity index (χ0n) is 12.6. The monoisotopic (exact) mass is 306 g/mol. The third kappa shape index (κ3) is 2.70. The standard InChI is InChI=1S/C20H21NP/c21-16-17-22(18-10-4-1-5-11-18,19-12-6-2-7-13-19)20-14-8-3-9-15-20/h1-15H,16-17,21H2/q+1. The van der Waals surface area contributed by atoms with Crippen molar-refractivity contribution in [3.63, 3.8) is 0 Å². The quantitative estimate of drug-likeness (QED) is 0.721. The lowest BCUT2D eigenvalue weighted by molar-refractivity contribution is 1.14. The number of hydrogen-bond donors (Lipinski definition) is 1. The lowest BCUT2D eigenvalue weighted by Gasteiger charge is -2.27. The molecule has 0 unspecified atom stereocenters. The molecule has 3 aromatic rings. The molecule has 0 atom stereocenters. The van der Waals surface area contributed by atoms with Gasteiger partial charge in [-0.05, 0) is 36.4 Å². The van der Waals surface area contributed by atoms with Crippen molar-refractivity contribution in [2.45, 2.75) is 0 Å². The summed E-state index contributed by atoms with van der Waals surface area (Å²) in [7, 11) is -1.68. The molecular weight excluding hydrogens is 285 g/mol. The number of rotatable bonds is 5. The van der Waals surface area contributed by atoms with Crippen molar-refractivity contribution in [3.05, 3.63) is 91.0 Å². The number of nitrogens with two attached hydrogens (primary N) is 1. The SMILES string of the molecule is NCC[P+](c1ccccc1)(c1ccccc1)c1ccccc1. The molecule has 0 bridgehead atoms. The van der Waals surface area contributed by atoms with Crippen LogP contribution in [0, 0.1) is 0 Å². The van der Waals surface area contributed by atoms with Gasteiger partial charge in [-0.25, -0.2) is 0 Å². The highest BCUT2D eigenvalue weighted by Crippen LogP contribution is 2.54. The van der Waals surface area contributed by atoms with Gasteiger partial charge in [0.2, 0.25) is 0 Å². The second kappa shape index (κ2) is 6.87. The summed E-state index contributed by atoms with van der Waals surface area (Å²) < 4.78 is 0. The Hall–Kier alpha value is -1.95. The van der Waals surface area contributed by atoms with Crippen molar-refractivity contribution in [3.8, 4) is 0 Å². The topological polar surface area (TPSA) is 26.0 Å². The van der Waals surface area contributed by atoms with E-state index in [9.17, 15) is 0 Å². The molecule has 0 saturated carbocycles. The predicted octanol–water partition coefficient (Wildman–Crippen LogP) is 2.94. The molecular formula is C20H21NP+. The Morgan fingerprint density at radius 3 is 1.14 bits per heavy atom. The normalized spacial score (nSPS) is 11.3. The van der Waals surface area contributed by atoms with Gasteiger partial charge in [0.15, 0.2) is 0 Å². The van der Waals surface area contributed by atoms with Gasteiger partial charge < -0.3 is 5.73 Å². The minimum atomic E-state index is -1.68. The van der Waals surface area contributed by atoms with Crippen LogP contribution < -0.4 is 21.6 Å². The van der Waals surface area contributed by atoms with Gasteiger partial charge >= 0.3 is 0 Å². The van der Waals surface area contributed by atoms with Crippen molar-refractivity contribution < 1.29 is 0 Å². The average molecular weight is 306 g/mol. The Labute approximate surface area is 133 Å². The maximum Gasteiger partial charge on any atom is 0.113 e. The minimum absolute atomic E-state index is 0.687. The van der Waals surface area contributed by atoms with Crippen LogP contribution in [0.25, 0.3) is 0 Å². The van der Waals surface area contributed by atoms with E-state index < -0.39 is 7.26 Å². The molecule has 0 aliphatic rings. The highest BCUT2D eigenvalue weighted by Gasteiger charge is 2.44. The van der Waals surface area contributed by atoms with Crippen LogP contribution in [0.4, 0.5) is 0 Å². The average Bonchev–Trinajstić information content (AvgIpc) is 2.62. The summed E-state index contributed by atoms with van der Waals surface area (Å²) in [4.78, 5) is 0. The summed E-state index contributed by atoms with van der Waals surface area (Å²) in [5.74, 6) is 0. The van der Waals surface area contributed by atoms with Crippen molar-refractivity contribution in [1.29, 1.82) is 0 Å². The highest BCUT2D eigenvalue weighted by molar-refractivity contribution is 7.95. The molecule has 2 N–H and O–H groups in total. The fourth-order valence-corrected chi connectivity index (χ4v) is 7.18. The first-order valence-electron chi connectivity index (χ1n) is 7.63. The Morgan fingerprint density at radius 1 is 0.545 bits per heavy atom. The molecule has 0 aliphatic carbocycles. The summed E-state index contributed by atoms with van der Waals surface area (Å²) in [6.45, 7) is 0.687. The second-order valence-electron chi connectivity index (χ2n) is 5.33. The van der Waals surface area contributed by atoms with E-state index in [-0.39, 0.29) is 0 Å². The van der Waals surface area contributed by atoms with E-state index in [2.05, 4.69) is 91.0 Å². The van der Waals surface area contributed by atoms with Gasteiger partial charge in [0.1, 0.15) is 23.2 Å². The van der Waals surface area contributed by atoms with Gasteiger partial charge in [0, 0.05) is 6.54 Å². The zero-order chi connectivity index (χ0) is 15.3. The van der Waals surface area contributed by atoms with Crippen LogP contribution in [0.3, 0.4) is 0 Å². The first-order chi connectivity index (χ1) is 10.9. The molecule has 0 saturated heterocycles. The Morgan fingerprint density at radius 2 is 0.864 bits per heavy atom. The molecule has 110 valence electrons. The second-order valence-corrected chi connectivity index (χ2v) is 8.94. The van der Waals surface area contributed by atoms with Crippen LogP contribution in [-0.2, 0) is 0 Å².